The SMILES string of the molecule is O=C(NCCNC1CCCCCC1)C1Cc2ccccc2O1. The van der Waals surface area contributed by atoms with Crippen molar-refractivity contribution in [1.29, 1.82) is 0 Å². The van der Waals surface area contributed by atoms with Gasteiger partial charge in [-0.3, -0.25) is 4.79 Å². The van der Waals surface area contributed by atoms with E-state index in [1.807, 2.05) is 24.3 Å². The highest BCUT2D eigenvalue weighted by atomic mass is 16.5. The summed E-state index contributed by atoms with van der Waals surface area (Å²) in [5, 5.41) is 6.56. The van der Waals surface area contributed by atoms with Crippen molar-refractivity contribution < 1.29 is 9.53 Å². The molecule has 0 aromatic heterocycles. The van der Waals surface area contributed by atoms with Crippen molar-refractivity contribution in [3.8, 4) is 5.75 Å². The molecule has 1 aromatic carbocycles. The Morgan fingerprint density at radius 2 is 1.86 bits per heavy atom. The summed E-state index contributed by atoms with van der Waals surface area (Å²) < 4.78 is 5.70. The first-order valence-electron chi connectivity index (χ1n) is 8.58. The summed E-state index contributed by atoms with van der Waals surface area (Å²) in [5.41, 5.74) is 1.12. The largest absolute Gasteiger partial charge is 0.480 e. The number of benzene rings is 1. The third-order valence-corrected chi connectivity index (χ3v) is 4.65. The topological polar surface area (TPSA) is 50.4 Å². The van der Waals surface area contributed by atoms with E-state index in [0.717, 1.165) is 17.9 Å². The smallest absolute Gasteiger partial charge is 0.261 e. The Labute approximate surface area is 132 Å². The van der Waals surface area contributed by atoms with Crippen molar-refractivity contribution in [3.05, 3.63) is 29.8 Å². The first-order chi connectivity index (χ1) is 10.8. The van der Waals surface area contributed by atoms with Gasteiger partial charge in [0.1, 0.15) is 5.75 Å². The van der Waals surface area contributed by atoms with Crippen molar-refractivity contribution in [2.24, 2.45) is 0 Å². The molecule has 0 radical (unpaired) electrons. The minimum absolute atomic E-state index is 0.00105. The second kappa shape index (κ2) is 7.63. The molecule has 1 aliphatic heterocycles. The van der Waals surface area contributed by atoms with Crippen LogP contribution in [0.5, 0.6) is 5.75 Å². The van der Waals surface area contributed by atoms with Gasteiger partial charge in [0.25, 0.3) is 5.91 Å². The summed E-state index contributed by atoms with van der Waals surface area (Å²) in [6, 6.07) is 8.51. The summed E-state index contributed by atoms with van der Waals surface area (Å²) in [6.07, 6.45) is 8.26. The predicted molar refractivity (Wildman–Crippen MR) is 87.1 cm³/mol. The number of hydrogen-bond acceptors (Lipinski definition) is 3. The molecule has 0 bridgehead atoms. The maximum Gasteiger partial charge on any atom is 0.261 e. The van der Waals surface area contributed by atoms with Crippen LogP contribution in [-0.4, -0.2) is 31.1 Å². The monoisotopic (exact) mass is 302 g/mol. The van der Waals surface area contributed by atoms with Crippen molar-refractivity contribution in [2.75, 3.05) is 13.1 Å². The van der Waals surface area contributed by atoms with Gasteiger partial charge in [-0.1, -0.05) is 43.9 Å². The number of para-hydroxylation sites is 1. The van der Waals surface area contributed by atoms with Gasteiger partial charge in [-0.2, -0.15) is 0 Å². The molecule has 4 heteroatoms. The average Bonchev–Trinajstić information content (AvgIpc) is 2.81. The molecule has 1 unspecified atom stereocenters. The van der Waals surface area contributed by atoms with E-state index in [9.17, 15) is 4.79 Å². The van der Waals surface area contributed by atoms with Crippen molar-refractivity contribution in [3.63, 3.8) is 0 Å². The minimum Gasteiger partial charge on any atom is -0.480 e. The zero-order chi connectivity index (χ0) is 15.2. The summed E-state index contributed by atoms with van der Waals surface area (Å²) in [5.74, 6) is 0.845. The molecule has 4 nitrogen and oxygen atoms in total. The molecule has 22 heavy (non-hydrogen) atoms. The Morgan fingerprint density at radius 3 is 2.64 bits per heavy atom. The Morgan fingerprint density at radius 1 is 1.09 bits per heavy atom. The molecule has 1 heterocycles. The summed E-state index contributed by atoms with van der Waals surface area (Å²) in [4.78, 5) is 12.2. The molecule has 1 amide bonds. The third-order valence-electron chi connectivity index (χ3n) is 4.65. The van der Waals surface area contributed by atoms with Gasteiger partial charge in [-0.25, -0.2) is 0 Å². The van der Waals surface area contributed by atoms with E-state index in [1.165, 1.54) is 38.5 Å². The molecule has 0 saturated heterocycles. The number of hydrogen-bond donors (Lipinski definition) is 2. The lowest BCUT2D eigenvalue weighted by Gasteiger charge is -2.17. The normalized spacial score (nSPS) is 21.7. The van der Waals surface area contributed by atoms with Gasteiger partial charge in [0.2, 0.25) is 0 Å². The lowest BCUT2D eigenvalue weighted by molar-refractivity contribution is -0.127. The second-order valence-corrected chi connectivity index (χ2v) is 6.35. The quantitative estimate of drug-likeness (QED) is 0.649. The van der Waals surface area contributed by atoms with Gasteiger partial charge in [-0.15, -0.1) is 0 Å². The van der Waals surface area contributed by atoms with E-state index in [0.29, 0.717) is 19.0 Å². The number of fused-ring (bicyclic) bond motifs is 1. The second-order valence-electron chi connectivity index (χ2n) is 6.35. The number of amides is 1. The average molecular weight is 302 g/mol. The van der Waals surface area contributed by atoms with Crippen LogP contribution in [0.3, 0.4) is 0 Å². The molecule has 1 atom stereocenters. The highest BCUT2D eigenvalue weighted by Crippen LogP contribution is 2.28. The first kappa shape index (κ1) is 15.3. The Hall–Kier alpha value is -1.55. The number of carbonyl (C=O) groups excluding carboxylic acids is 1. The van der Waals surface area contributed by atoms with E-state index in [4.69, 9.17) is 4.74 Å². The lowest BCUT2D eigenvalue weighted by Crippen LogP contribution is -2.42. The molecule has 0 spiro atoms. The van der Waals surface area contributed by atoms with Crippen LogP contribution in [0.1, 0.15) is 44.1 Å². The molecule has 1 aliphatic carbocycles. The van der Waals surface area contributed by atoms with Gasteiger partial charge >= 0.3 is 0 Å². The molecule has 3 rings (SSSR count). The molecular weight excluding hydrogens is 276 g/mol. The van der Waals surface area contributed by atoms with Crippen molar-refractivity contribution in [2.45, 2.75) is 57.1 Å². The van der Waals surface area contributed by atoms with Gasteiger partial charge in [0.05, 0.1) is 0 Å². The number of ether oxygens (including phenoxy) is 1. The van der Waals surface area contributed by atoms with E-state index in [1.54, 1.807) is 0 Å². The van der Waals surface area contributed by atoms with Gasteiger partial charge < -0.3 is 15.4 Å². The van der Waals surface area contributed by atoms with Crippen LogP contribution in [0.25, 0.3) is 0 Å². The molecule has 1 fully saturated rings. The van der Waals surface area contributed by atoms with Gasteiger partial charge in [0, 0.05) is 25.6 Å². The van der Waals surface area contributed by atoms with Crippen LogP contribution < -0.4 is 15.4 Å². The van der Waals surface area contributed by atoms with Crippen LogP contribution in [-0.2, 0) is 11.2 Å². The summed E-state index contributed by atoms with van der Waals surface area (Å²) in [7, 11) is 0. The van der Waals surface area contributed by atoms with Crippen molar-refractivity contribution >= 4 is 5.91 Å². The van der Waals surface area contributed by atoms with E-state index in [2.05, 4.69) is 10.6 Å². The lowest BCUT2D eigenvalue weighted by atomic mass is 10.1. The Balaban J connectivity index is 1.35. The van der Waals surface area contributed by atoms with E-state index in [-0.39, 0.29) is 12.0 Å². The minimum atomic E-state index is -0.365. The Kier molecular flexibility index (Phi) is 5.33. The van der Waals surface area contributed by atoms with Crippen LogP contribution in [0, 0.1) is 0 Å². The molecule has 1 saturated carbocycles. The Bertz CT molecular complexity index is 471. The predicted octanol–water partition coefficient (Wildman–Crippen LogP) is 2.42. The number of carbonyl (C=O) groups is 1. The zero-order valence-corrected chi connectivity index (χ0v) is 13.1. The van der Waals surface area contributed by atoms with Crippen LogP contribution >= 0.6 is 0 Å². The highest BCUT2D eigenvalue weighted by molar-refractivity contribution is 5.82. The summed E-state index contributed by atoms with van der Waals surface area (Å²) in [6.45, 7) is 1.52. The summed E-state index contributed by atoms with van der Waals surface area (Å²) >= 11 is 0. The maximum atomic E-state index is 12.2. The van der Waals surface area contributed by atoms with E-state index < -0.39 is 0 Å². The molecular formula is C18H26N2O2. The van der Waals surface area contributed by atoms with Crippen LogP contribution in [0.15, 0.2) is 24.3 Å². The third kappa shape index (κ3) is 4.01. The highest BCUT2D eigenvalue weighted by Gasteiger charge is 2.28. The fourth-order valence-corrected chi connectivity index (χ4v) is 3.39. The molecule has 120 valence electrons. The van der Waals surface area contributed by atoms with E-state index >= 15 is 0 Å². The fraction of sp³-hybridized carbons (Fsp3) is 0.611. The van der Waals surface area contributed by atoms with Gasteiger partial charge in [-0.05, 0) is 24.5 Å². The molecule has 2 N–H and O–H groups in total. The molecule has 1 aromatic rings. The number of rotatable bonds is 5. The number of nitrogens with one attached hydrogen (secondary N) is 2. The standard InChI is InChI=1S/C18H26N2O2/c21-18(17-13-14-7-5-6-10-16(14)22-17)20-12-11-19-15-8-3-1-2-4-9-15/h5-7,10,15,17,19H,1-4,8-9,11-13H2,(H,20,21). The van der Waals surface area contributed by atoms with Crippen LogP contribution in [0.2, 0.25) is 0 Å². The first-order valence-corrected chi connectivity index (χ1v) is 8.58. The zero-order valence-electron chi connectivity index (χ0n) is 13.1. The van der Waals surface area contributed by atoms with Crippen LogP contribution in [0.4, 0.5) is 0 Å². The van der Waals surface area contributed by atoms with Gasteiger partial charge in [0.15, 0.2) is 6.10 Å². The maximum absolute atomic E-state index is 12.2. The fourth-order valence-electron chi connectivity index (χ4n) is 3.39. The van der Waals surface area contributed by atoms with Crippen molar-refractivity contribution in [1.82, 2.24) is 10.6 Å². The molecule has 2 aliphatic rings.